The van der Waals surface area contributed by atoms with E-state index >= 15 is 0 Å². The average Bonchev–Trinajstić information content (AvgIpc) is 3.15. The fourth-order valence-corrected chi connectivity index (χ4v) is 4.14. The van der Waals surface area contributed by atoms with Gasteiger partial charge in [0.05, 0.1) is 0 Å². The lowest BCUT2D eigenvalue weighted by Gasteiger charge is -2.17. The van der Waals surface area contributed by atoms with Crippen LogP contribution in [0.5, 0.6) is 0 Å². The van der Waals surface area contributed by atoms with E-state index in [0.717, 1.165) is 29.7 Å². The lowest BCUT2D eigenvalue weighted by Crippen LogP contribution is -2.21. The monoisotopic (exact) mass is 329 g/mol. The lowest BCUT2D eigenvalue weighted by molar-refractivity contribution is 0.297. The highest BCUT2D eigenvalue weighted by Gasteiger charge is 2.40. The first kappa shape index (κ1) is 19.5. The minimum absolute atomic E-state index is 0.814. The Morgan fingerprint density at radius 1 is 1.08 bits per heavy atom. The molecule has 0 amide bonds. The molecule has 1 aromatic carbocycles. The highest BCUT2D eigenvalue weighted by Crippen LogP contribution is 2.53. The van der Waals surface area contributed by atoms with Gasteiger partial charge in [-0.1, -0.05) is 71.4 Å². The summed E-state index contributed by atoms with van der Waals surface area (Å²) in [6, 6.07) is 10.8. The molecule has 136 valence electrons. The van der Waals surface area contributed by atoms with Crippen LogP contribution in [0, 0.1) is 23.2 Å². The Labute approximate surface area is 150 Å². The van der Waals surface area contributed by atoms with E-state index < -0.39 is 0 Å². The first-order valence-electron chi connectivity index (χ1n) is 10.2. The van der Waals surface area contributed by atoms with Crippen LogP contribution in [0.1, 0.15) is 72.3 Å². The Kier molecular flexibility index (Phi) is 7.34. The van der Waals surface area contributed by atoms with Crippen LogP contribution in [0.15, 0.2) is 30.3 Å². The van der Waals surface area contributed by atoms with E-state index in [1.165, 1.54) is 50.8 Å². The standard InChI is InChI=1S/C14H21N.C9H18/c1-12(2)14-8-9-15(11-14)10-13-6-4-3-5-7-13;1-4-9(5-6-9)7-8(2)3/h3-7,12,14H,8-11H2,1-2H3;8H,4-7H2,1-3H3. The molecule has 1 aromatic rings. The number of hydrogen-bond donors (Lipinski definition) is 0. The van der Waals surface area contributed by atoms with Gasteiger partial charge >= 0.3 is 0 Å². The molecule has 1 nitrogen and oxygen atoms in total. The number of nitrogens with zero attached hydrogens (tertiary/aromatic N) is 1. The Morgan fingerprint density at radius 2 is 1.75 bits per heavy atom. The first-order valence-corrected chi connectivity index (χ1v) is 10.2. The van der Waals surface area contributed by atoms with Crippen molar-refractivity contribution in [2.75, 3.05) is 13.1 Å². The fraction of sp³-hybridized carbons (Fsp3) is 0.739. The van der Waals surface area contributed by atoms with E-state index in [2.05, 4.69) is 69.9 Å². The maximum atomic E-state index is 2.58. The van der Waals surface area contributed by atoms with Crippen molar-refractivity contribution < 1.29 is 0 Å². The molecule has 1 unspecified atom stereocenters. The molecule has 3 rings (SSSR count). The molecule has 1 heteroatoms. The SMILES string of the molecule is CC(C)C1CCN(Cc2ccccc2)C1.CCC1(CC(C)C)CC1. The maximum absolute atomic E-state index is 2.58. The molecule has 1 heterocycles. The van der Waals surface area contributed by atoms with Crippen molar-refractivity contribution >= 4 is 0 Å². The molecule has 0 spiro atoms. The van der Waals surface area contributed by atoms with Gasteiger partial charge in [-0.3, -0.25) is 4.90 Å². The van der Waals surface area contributed by atoms with Crippen molar-refractivity contribution in [1.29, 1.82) is 0 Å². The molecule has 1 aliphatic carbocycles. The summed E-state index contributed by atoms with van der Waals surface area (Å²) in [5, 5.41) is 0. The van der Waals surface area contributed by atoms with Crippen molar-refractivity contribution in [2.24, 2.45) is 23.2 Å². The second kappa shape index (κ2) is 9.04. The third kappa shape index (κ3) is 6.24. The van der Waals surface area contributed by atoms with E-state index in [-0.39, 0.29) is 0 Å². The summed E-state index contributed by atoms with van der Waals surface area (Å²) in [7, 11) is 0. The molecule has 0 bridgehead atoms. The second-order valence-electron chi connectivity index (χ2n) is 8.97. The molecule has 1 saturated carbocycles. The molecular weight excluding hydrogens is 290 g/mol. The van der Waals surface area contributed by atoms with Gasteiger partial charge in [-0.15, -0.1) is 0 Å². The molecule has 1 atom stereocenters. The number of rotatable bonds is 6. The van der Waals surface area contributed by atoms with Gasteiger partial charge in [0.25, 0.3) is 0 Å². The van der Waals surface area contributed by atoms with E-state index in [0.29, 0.717) is 0 Å². The summed E-state index contributed by atoms with van der Waals surface area (Å²) < 4.78 is 0. The summed E-state index contributed by atoms with van der Waals surface area (Å²) in [5.41, 5.74) is 2.26. The third-order valence-corrected chi connectivity index (χ3v) is 6.05. The van der Waals surface area contributed by atoms with Crippen molar-refractivity contribution in [1.82, 2.24) is 4.90 Å². The van der Waals surface area contributed by atoms with Crippen molar-refractivity contribution in [3.05, 3.63) is 35.9 Å². The van der Waals surface area contributed by atoms with Crippen LogP contribution in [-0.4, -0.2) is 18.0 Å². The Balaban J connectivity index is 0.000000198. The largest absolute Gasteiger partial charge is 0.299 e. The molecule has 1 aliphatic heterocycles. The summed E-state index contributed by atoms with van der Waals surface area (Å²) in [5.74, 6) is 2.66. The zero-order valence-corrected chi connectivity index (χ0v) is 16.7. The van der Waals surface area contributed by atoms with Gasteiger partial charge in [0, 0.05) is 13.1 Å². The van der Waals surface area contributed by atoms with Crippen LogP contribution in [0.2, 0.25) is 0 Å². The van der Waals surface area contributed by atoms with E-state index in [1.807, 2.05) is 0 Å². The predicted octanol–water partition coefficient (Wildman–Crippen LogP) is 6.39. The quantitative estimate of drug-likeness (QED) is 0.584. The summed E-state index contributed by atoms with van der Waals surface area (Å²) in [6.07, 6.45) is 7.25. The Bertz CT molecular complexity index is 458. The molecule has 0 N–H and O–H groups in total. The smallest absolute Gasteiger partial charge is 0.0233 e. The van der Waals surface area contributed by atoms with E-state index in [9.17, 15) is 0 Å². The van der Waals surface area contributed by atoms with E-state index in [1.54, 1.807) is 0 Å². The molecule has 24 heavy (non-hydrogen) atoms. The fourth-order valence-electron chi connectivity index (χ4n) is 4.14. The van der Waals surface area contributed by atoms with Crippen LogP contribution in [0.3, 0.4) is 0 Å². The first-order chi connectivity index (χ1) is 11.4. The van der Waals surface area contributed by atoms with Crippen LogP contribution in [0.4, 0.5) is 0 Å². The zero-order valence-electron chi connectivity index (χ0n) is 16.7. The van der Waals surface area contributed by atoms with Gasteiger partial charge in [0.1, 0.15) is 0 Å². The lowest BCUT2D eigenvalue weighted by atomic mass is 9.92. The van der Waals surface area contributed by atoms with Gasteiger partial charge in [0.15, 0.2) is 0 Å². The highest BCUT2D eigenvalue weighted by atomic mass is 15.1. The highest BCUT2D eigenvalue weighted by molar-refractivity contribution is 5.14. The third-order valence-electron chi connectivity index (χ3n) is 6.05. The molecular formula is C23H39N. The molecule has 1 saturated heterocycles. The van der Waals surface area contributed by atoms with Gasteiger partial charge in [0.2, 0.25) is 0 Å². The number of hydrogen-bond acceptors (Lipinski definition) is 1. The minimum atomic E-state index is 0.814. The maximum Gasteiger partial charge on any atom is 0.0233 e. The molecule has 0 radical (unpaired) electrons. The minimum Gasteiger partial charge on any atom is -0.299 e. The molecule has 2 aliphatic rings. The average molecular weight is 330 g/mol. The number of benzene rings is 1. The predicted molar refractivity (Wildman–Crippen MR) is 106 cm³/mol. The zero-order chi connectivity index (χ0) is 17.6. The van der Waals surface area contributed by atoms with E-state index in [4.69, 9.17) is 0 Å². The molecule has 0 aromatic heterocycles. The topological polar surface area (TPSA) is 3.24 Å². The van der Waals surface area contributed by atoms with Crippen molar-refractivity contribution in [3.63, 3.8) is 0 Å². The van der Waals surface area contributed by atoms with Crippen molar-refractivity contribution in [3.8, 4) is 0 Å². The molecule has 2 fully saturated rings. The number of likely N-dealkylation sites (tertiary alicyclic amines) is 1. The summed E-state index contributed by atoms with van der Waals surface area (Å²) >= 11 is 0. The van der Waals surface area contributed by atoms with Gasteiger partial charge < -0.3 is 0 Å². The Hall–Kier alpha value is -0.820. The summed E-state index contributed by atoms with van der Waals surface area (Å²) in [4.78, 5) is 2.58. The van der Waals surface area contributed by atoms with Gasteiger partial charge in [-0.25, -0.2) is 0 Å². The van der Waals surface area contributed by atoms with Crippen LogP contribution in [-0.2, 0) is 6.54 Å². The van der Waals surface area contributed by atoms with Crippen LogP contribution >= 0.6 is 0 Å². The van der Waals surface area contributed by atoms with Gasteiger partial charge in [-0.2, -0.15) is 0 Å². The van der Waals surface area contributed by atoms with Crippen molar-refractivity contribution in [2.45, 2.75) is 73.3 Å². The van der Waals surface area contributed by atoms with Crippen LogP contribution in [0.25, 0.3) is 0 Å². The second-order valence-corrected chi connectivity index (χ2v) is 8.97. The summed E-state index contributed by atoms with van der Waals surface area (Å²) in [6.45, 7) is 15.4. The van der Waals surface area contributed by atoms with Crippen LogP contribution < -0.4 is 0 Å². The Morgan fingerprint density at radius 3 is 2.17 bits per heavy atom. The normalized spacial score (nSPS) is 22.5. The van der Waals surface area contributed by atoms with Gasteiger partial charge in [-0.05, 0) is 61.0 Å².